The molecule has 1 aliphatic heterocycles. The van der Waals surface area contributed by atoms with Crippen LogP contribution in [0.1, 0.15) is 50.2 Å². The van der Waals surface area contributed by atoms with Gasteiger partial charge in [0, 0.05) is 0 Å². The number of aryl methyl sites for hydroxylation is 2. The summed E-state index contributed by atoms with van der Waals surface area (Å²) in [6.45, 7) is 11.6. The minimum absolute atomic E-state index is 0.859. The van der Waals surface area contributed by atoms with E-state index in [-0.39, 0.29) is 0 Å². The average Bonchev–Trinajstić information content (AvgIpc) is 2.47. The molecule has 0 spiro atoms. The first kappa shape index (κ1) is 16.4. The highest BCUT2D eigenvalue weighted by molar-refractivity contribution is 5.39. The Bertz CT molecular complexity index is 401. The third kappa shape index (κ3) is 5.35. The summed E-state index contributed by atoms with van der Waals surface area (Å²) in [4.78, 5) is 1.82. The second-order valence-corrected chi connectivity index (χ2v) is 6.81. The summed E-state index contributed by atoms with van der Waals surface area (Å²) in [6, 6.07) is 6.35. The highest BCUT2D eigenvalue weighted by Gasteiger charge is 2.17. The van der Waals surface area contributed by atoms with Crippen LogP contribution in [0.4, 0.5) is 0 Å². The van der Waals surface area contributed by atoms with Gasteiger partial charge in [-0.25, -0.2) is 0 Å². The summed E-state index contributed by atoms with van der Waals surface area (Å²) in [7, 11) is 0. The smallest absolute Gasteiger partial charge is 0.125 e. The van der Waals surface area contributed by atoms with Gasteiger partial charge in [-0.3, -0.25) is 0 Å². The molecule has 0 unspecified atom stereocenters. The van der Waals surface area contributed by atoms with E-state index in [0.29, 0.717) is 0 Å². The van der Waals surface area contributed by atoms with E-state index in [1.165, 1.54) is 62.9 Å². The topological polar surface area (TPSA) is 13.7 Å². The van der Waals surface area contributed by atoms with E-state index < -0.39 is 0 Å². The summed E-state index contributed by atoms with van der Waals surface area (Å²) in [6.07, 6.45) is 6.66. The number of likely N-dealkylation sites (tertiary alicyclic amines) is 1. The van der Waals surface area contributed by atoms with Gasteiger partial charge in [0.15, 0.2) is 0 Å². The molecule has 0 aromatic heterocycles. The fraction of sp³-hybridized carbons (Fsp3) is 0.684. The van der Waals surface area contributed by atoms with Gasteiger partial charge in [-0.15, -0.1) is 0 Å². The summed E-state index contributed by atoms with van der Waals surface area (Å²) >= 11 is 0. The van der Waals surface area contributed by atoms with Crippen LogP contribution >= 0.6 is 0 Å². The van der Waals surface area contributed by atoms with Gasteiger partial charge in [-0.05, 0) is 63.0 Å². The fourth-order valence-corrected chi connectivity index (χ4v) is 3.28. The molecule has 2 nitrogen and oxygen atoms in total. The summed E-state index contributed by atoms with van der Waals surface area (Å²) in [5.74, 6) is 2.05. The number of hydrogen-bond donors (Lipinski definition) is 1. The highest BCUT2D eigenvalue weighted by Crippen LogP contribution is 2.22. The van der Waals surface area contributed by atoms with Gasteiger partial charge in [-0.2, -0.15) is 0 Å². The monoisotopic (exact) mass is 290 g/mol. The minimum Gasteiger partial charge on any atom is -0.493 e. The highest BCUT2D eigenvalue weighted by atomic mass is 16.5. The largest absolute Gasteiger partial charge is 0.493 e. The van der Waals surface area contributed by atoms with Crippen LogP contribution in [-0.4, -0.2) is 26.2 Å². The molecule has 0 aliphatic carbocycles. The molecule has 1 aromatic rings. The van der Waals surface area contributed by atoms with Gasteiger partial charge in [0.25, 0.3) is 0 Å². The zero-order chi connectivity index (χ0) is 15.1. The van der Waals surface area contributed by atoms with Crippen molar-refractivity contribution in [3.63, 3.8) is 0 Å². The molecule has 21 heavy (non-hydrogen) atoms. The van der Waals surface area contributed by atoms with Crippen LogP contribution in [0, 0.1) is 19.8 Å². The van der Waals surface area contributed by atoms with E-state index in [1.807, 2.05) is 4.90 Å². The van der Waals surface area contributed by atoms with Crippen LogP contribution in [-0.2, 0) is 0 Å². The van der Waals surface area contributed by atoms with Crippen molar-refractivity contribution in [2.45, 2.75) is 52.9 Å². The molecule has 0 atom stereocenters. The molecule has 1 saturated heterocycles. The van der Waals surface area contributed by atoms with E-state index in [2.05, 4.69) is 39.0 Å². The molecule has 1 aromatic carbocycles. The van der Waals surface area contributed by atoms with Crippen molar-refractivity contribution in [3.8, 4) is 5.75 Å². The predicted octanol–water partition coefficient (Wildman–Crippen LogP) is 3.17. The van der Waals surface area contributed by atoms with Crippen molar-refractivity contribution in [1.82, 2.24) is 0 Å². The van der Waals surface area contributed by atoms with Crippen LogP contribution in [0.25, 0.3) is 0 Å². The number of rotatable bonds is 7. The first-order valence-corrected chi connectivity index (χ1v) is 8.69. The van der Waals surface area contributed by atoms with E-state index in [9.17, 15) is 0 Å². The van der Waals surface area contributed by atoms with Crippen molar-refractivity contribution in [2.75, 3.05) is 26.2 Å². The number of quaternary nitrogens is 1. The molecular weight excluding hydrogens is 258 g/mol. The molecule has 0 radical (unpaired) electrons. The second-order valence-electron chi connectivity index (χ2n) is 6.81. The van der Waals surface area contributed by atoms with Crippen molar-refractivity contribution >= 4 is 0 Å². The maximum absolute atomic E-state index is 5.97. The number of para-hydroxylation sites is 1. The maximum Gasteiger partial charge on any atom is 0.125 e. The van der Waals surface area contributed by atoms with Gasteiger partial charge in [0.2, 0.25) is 0 Å². The number of piperidine rings is 1. The summed E-state index contributed by atoms with van der Waals surface area (Å²) in [5.41, 5.74) is 2.50. The number of unbranched alkanes of at least 4 members (excludes halogenated alkanes) is 2. The zero-order valence-electron chi connectivity index (χ0n) is 14.1. The van der Waals surface area contributed by atoms with Crippen molar-refractivity contribution in [3.05, 3.63) is 29.3 Å². The Hall–Kier alpha value is -1.02. The van der Waals surface area contributed by atoms with Gasteiger partial charge in [0.05, 0.1) is 26.2 Å². The summed E-state index contributed by atoms with van der Waals surface area (Å²) in [5, 5.41) is 0. The molecule has 118 valence electrons. The van der Waals surface area contributed by atoms with Crippen LogP contribution in [0.2, 0.25) is 0 Å². The van der Waals surface area contributed by atoms with Gasteiger partial charge in [-0.1, -0.05) is 25.1 Å². The molecule has 0 saturated carbocycles. The van der Waals surface area contributed by atoms with Crippen LogP contribution < -0.4 is 9.64 Å². The molecule has 1 fully saturated rings. The lowest BCUT2D eigenvalue weighted by Crippen LogP contribution is -3.13. The van der Waals surface area contributed by atoms with E-state index in [0.717, 1.165) is 18.3 Å². The van der Waals surface area contributed by atoms with Gasteiger partial charge in [0.1, 0.15) is 5.75 Å². The van der Waals surface area contributed by atoms with Crippen molar-refractivity contribution in [1.29, 1.82) is 0 Å². The van der Waals surface area contributed by atoms with Crippen LogP contribution in [0.3, 0.4) is 0 Å². The number of ether oxygens (including phenoxy) is 1. The maximum atomic E-state index is 5.97. The number of nitrogens with one attached hydrogen (secondary N) is 1. The van der Waals surface area contributed by atoms with Crippen LogP contribution in [0.5, 0.6) is 5.75 Å². The number of hydrogen-bond acceptors (Lipinski definition) is 1. The van der Waals surface area contributed by atoms with Gasteiger partial charge < -0.3 is 9.64 Å². The molecule has 0 amide bonds. The standard InChI is InChI=1S/C19H31NO/c1-16-10-13-20(14-11-16)12-5-4-6-15-21-19-17(2)8-7-9-18(19)3/h7-9,16H,4-6,10-15H2,1-3H3/p+1. The normalized spacial score (nSPS) is 22.2. The Morgan fingerprint density at radius 1 is 1.05 bits per heavy atom. The van der Waals surface area contributed by atoms with E-state index in [4.69, 9.17) is 4.74 Å². The summed E-state index contributed by atoms with van der Waals surface area (Å²) < 4.78 is 5.97. The quantitative estimate of drug-likeness (QED) is 0.762. The molecule has 1 N–H and O–H groups in total. The average molecular weight is 290 g/mol. The Morgan fingerprint density at radius 2 is 1.71 bits per heavy atom. The van der Waals surface area contributed by atoms with E-state index in [1.54, 1.807) is 0 Å². The van der Waals surface area contributed by atoms with Crippen molar-refractivity contribution in [2.24, 2.45) is 5.92 Å². The third-order valence-electron chi connectivity index (χ3n) is 4.81. The molecule has 1 heterocycles. The first-order chi connectivity index (χ1) is 10.2. The Morgan fingerprint density at radius 3 is 2.38 bits per heavy atom. The second kappa shape index (κ2) is 8.43. The lowest BCUT2D eigenvalue weighted by molar-refractivity contribution is -0.906. The van der Waals surface area contributed by atoms with E-state index >= 15 is 0 Å². The molecular formula is C19H32NO+. The number of benzene rings is 1. The lowest BCUT2D eigenvalue weighted by Gasteiger charge is -2.27. The molecule has 1 aliphatic rings. The van der Waals surface area contributed by atoms with Crippen LogP contribution in [0.15, 0.2) is 18.2 Å². The fourth-order valence-electron chi connectivity index (χ4n) is 3.28. The Labute approximate surface area is 130 Å². The van der Waals surface area contributed by atoms with Gasteiger partial charge >= 0.3 is 0 Å². The SMILES string of the molecule is Cc1cccc(C)c1OCCCCC[NH+]1CCC(C)CC1. The molecule has 2 rings (SSSR count). The third-order valence-corrected chi connectivity index (χ3v) is 4.81. The zero-order valence-corrected chi connectivity index (χ0v) is 14.1. The minimum atomic E-state index is 0.859. The predicted molar refractivity (Wildman–Crippen MR) is 89.2 cm³/mol. The Balaban J connectivity index is 1.56. The Kier molecular flexibility index (Phi) is 6.56. The first-order valence-electron chi connectivity index (χ1n) is 8.69. The molecule has 2 heteroatoms. The lowest BCUT2D eigenvalue weighted by atomic mass is 9.99. The van der Waals surface area contributed by atoms with Crippen molar-refractivity contribution < 1.29 is 9.64 Å². The molecule has 0 bridgehead atoms.